The van der Waals surface area contributed by atoms with Gasteiger partial charge in [0.2, 0.25) is 10.0 Å². The van der Waals surface area contributed by atoms with Crippen LogP contribution in [0.15, 0.2) is 65.6 Å². The number of aryl methyl sites for hydroxylation is 1. The van der Waals surface area contributed by atoms with Crippen LogP contribution < -0.4 is 9.62 Å². The SMILES string of the molecule is O=C(CCNS(=O)(=O)c1ccc2ccccc2c1)OCC(=O)N1CCCc2cc([N+](=O)[O-])ccc21. The van der Waals surface area contributed by atoms with E-state index in [-0.39, 0.29) is 23.5 Å². The molecular formula is C24H23N3O7S. The Morgan fingerprint density at radius 3 is 2.60 bits per heavy atom. The van der Waals surface area contributed by atoms with E-state index in [4.69, 9.17) is 4.74 Å². The van der Waals surface area contributed by atoms with Crippen molar-refractivity contribution in [3.63, 3.8) is 0 Å². The zero-order chi connectivity index (χ0) is 25.0. The summed E-state index contributed by atoms with van der Waals surface area (Å²) in [5, 5.41) is 12.7. The molecule has 1 heterocycles. The molecule has 0 unspecified atom stereocenters. The molecule has 3 aromatic carbocycles. The summed E-state index contributed by atoms with van der Waals surface area (Å²) in [5.74, 6) is -1.18. The Kier molecular flexibility index (Phi) is 7.08. The van der Waals surface area contributed by atoms with Crippen molar-refractivity contribution in [2.45, 2.75) is 24.2 Å². The lowest BCUT2D eigenvalue weighted by atomic mass is 10.0. The van der Waals surface area contributed by atoms with Crippen molar-refractivity contribution >= 4 is 44.0 Å². The van der Waals surface area contributed by atoms with Crippen LogP contribution in [0.3, 0.4) is 0 Å². The number of benzene rings is 3. The first-order chi connectivity index (χ1) is 16.7. The molecule has 0 spiro atoms. The minimum atomic E-state index is -3.82. The van der Waals surface area contributed by atoms with Gasteiger partial charge in [-0.25, -0.2) is 13.1 Å². The zero-order valence-electron chi connectivity index (χ0n) is 18.7. The van der Waals surface area contributed by atoms with E-state index >= 15 is 0 Å². The first kappa shape index (κ1) is 24.3. The molecule has 0 radical (unpaired) electrons. The van der Waals surface area contributed by atoms with Gasteiger partial charge in [0.15, 0.2) is 6.61 Å². The Morgan fingerprint density at radius 1 is 1.06 bits per heavy atom. The van der Waals surface area contributed by atoms with Crippen LogP contribution in [0.2, 0.25) is 0 Å². The number of carbonyl (C=O) groups excluding carboxylic acids is 2. The number of carbonyl (C=O) groups is 2. The van der Waals surface area contributed by atoms with Gasteiger partial charge in [-0.2, -0.15) is 0 Å². The predicted octanol–water partition coefficient (Wildman–Crippen LogP) is 2.94. The van der Waals surface area contributed by atoms with E-state index in [1.807, 2.05) is 24.3 Å². The van der Waals surface area contributed by atoms with Crippen LogP contribution in [0.4, 0.5) is 11.4 Å². The van der Waals surface area contributed by atoms with Gasteiger partial charge in [0.1, 0.15) is 0 Å². The first-order valence-electron chi connectivity index (χ1n) is 11.0. The van der Waals surface area contributed by atoms with E-state index in [9.17, 15) is 28.1 Å². The summed E-state index contributed by atoms with van der Waals surface area (Å²) in [5.41, 5.74) is 1.20. The van der Waals surface area contributed by atoms with Gasteiger partial charge in [-0.05, 0) is 47.4 Å². The molecule has 0 saturated heterocycles. The van der Waals surface area contributed by atoms with E-state index in [1.165, 1.54) is 29.2 Å². The molecule has 0 fully saturated rings. The Hall–Kier alpha value is -3.83. The molecule has 1 amide bonds. The molecule has 11 heteroatoms. The monoisotopic (exact) mass is 497 g/mol. The van der Waals surface area contributed by atoms with Gasteiger partial charge in [-0.3, -0.25) is 19.7 Å². The van der Waals surface area contributed by atoms with Crippen LogP contribution in [-0.4, -0.2) is 44.9 Å². The second-order valence-corrected chi connectivity index (χ2v) is 9.80. The van der Waals surface area contributed by atoms with Crippen LogP contribution in [0, 0.1) is 10.1 Å². The normalized spacial score (nSPS) is 13.3. The molecule has 0 saturated carbocycles. The Morgan fingerprint density at radius 2 is 1.83 bits per heavy atom. The number of hydrogen-bond donors (Lipinski definition) is 1. The average Bonchev–Trinajstić information content (AvgIpc) is 2.86. The maximum absolute atomic E-state index is 12.6. The fourth-order valence-electron chi connectivity index (χ4n) is 3.95. The van der Waals surface area contributed by atoms with Crippen LogP contribution in [0.25, 0.3) is 10.8 Å². The van der Waals surface area contributed by atoms with Crippen LogP contribution in [-0.2, 0) is 30.8 Å². The molecule has 1 N–H and O–H groups in total. The van der Waals surface area contributed by atoms with Crippen molar-refractivity contribution in [3.8, 4) is 0 Å². The molecular weight excluding hydrogens is 474 g/mol. The van der Waals surface area contributed by atoms with Gasteiger partial charge in [-0.15, -0.1) is 0 Å². The summed E-state index contributed by atoms with van der Waals surface area (Å²) in [6, 6.07) is 16.4. The number of non-ortho nitro benzene ring substituents is 1. The summed E-state index contributed by atoms with van der Waals surface area (Å²) in [7, 11) is -3.82. The molecule has 1 aliphatic heterocycles. The molecule has 0 aromatic heterocycles. The quantitative estimate of drug-likeness (QED) is 0.287. The van der Waals surface area contributed by atoms with Gasteiger partial charge >= 0.3 is 5.97 Å². The zero-order valence-corrected chi connectivity index (χ0v) is 19.5. The minimum absolute atomic E-state index is 0.0457. The molecule has 0 atom stereocenters. The van der Waals surface area contributed by atoms with Crippen molar-refractivity contribution in [2.75, 3.05) is 24.6 Å². The van der Waals surface area contributed by atoms with E-state index < -0.39 is 33.4 Å². The summed E-state index contributed by atoms with van der Waals surface area (Å²) in [6.45, 7) is -0.280. The van der Waals surface area contributed by atoms with Crippen molar-refractivity contribution in [1.82, 2.24) is 4.72 Å². The Bertz CT molecular complexity index is 1410. The molecule has 182 valence electrons. The first-order valence-corrected chi connectivity index (χ1v) is 12.4. The van der Waals surface area contributed by atoms with E-state index in [1.54, 1.807) is 12.1 Å². The third-order valence-corrected chi connectivity index (χ3v) is 7.16. The van der Waals surface area contributed by atoms with Gasteiger partial charge in [0.25, 0.3) is 11.6 Å². The van der Waals surface area contributed by atoms with Gasteiger partial charge in [-0.1, -0.05) is 30.3 Å². The number of fused-ring (bicyclic) bond motifs is 2. The fourth-order valence-corrected chi connectivity index (χ4v) is 5.02. The summed E-state index contributed by atoms with van der Waals surface area (Å²) >= 11 is 0. The topological polar surface area (TPSA) is 136 Å². The number of rotatable bonds is 8. The third kappa shape index (κ3) is 5.64. The predicted molar refractivity (Wildman–Crippen MR) is 128 cm³/mol. The molecule has 10 nitrogen and oxygen atoms in total. The fraction of sp³-hybridized carbons (Fsp3) is 0.250. The van der Waals surface area contributed by atoms with Crippen molar-refractivity contribution in [3.05, 3.63) is 76.3 Å². The van der Waals surface area contributed by atoms with Crippen LogP contribution >= 0.6 is 0 Å². The summed E-state index contributed by atoms with van der Waals surface area (Å²) in [6.07, 6.45) is 0.991. The molecule has 0 aliphatic carbocycles. The number of nitro benzene ring substituents is 1. The Labute approximate surface area is 201 Å². The highest BCUT2D eigenvalue weighted by Gasteiger charge is 2.25. The highest BCUT2D eigenvalue weighted by atomic mass is 32.2. The molecule has 0 bridgehead atoms. The van der Waals surface area contributed by atoms with Gasteiger partial charge < -0.3 is 9.64 Å². The number of amides is 1. The number of nitrogens with one attached hydrogen (secondary N) is 1. The largest absolute Gasteiger partial charge is 0.456 e. The minimum Gasteiger partial charge on any atom is -0.456 e. The van der Waals surface area contributed by atoms with Gasteiger partial charge in [0.05, 0.1) is 16.2 Å². The number of anilines is 1. The Balaban J connectivity index is 1.29. The molecule has 35 heavy (non-hydrogen) atoms. The second kappa shape index (κ2) is 10.2. The lowest BCUT2D eigenvalue weighted by Gasteiger charge is -2.29. The van der Waals surface area contributed by atoms with E-state index in [0.717, 1.165) is 10.8 Å². The highest BCUT2D eigenvalue weighted by Crippen LogP contribution is 2.30. The maximum Gasteiger partial charge on any atom is 0.307 e. The number of sulfonamides is 1. The van der Waals surface area contributed by atoms with Crippen molar-refractivity contribution < 1.29 is 27.7 Å². The molecule has 4 rings (SSSR count). The smallest absolute Gasteiger partial charge is 0.307 e. The summed E-state index contributed by atoms with van der Waals surface area (Å²) in [4.78, 5) is 36.7. The van der Waals surface area contributed by atoms with Crippen LogP contribution in [0.5, 0.6) is 0 Å². The number of nitrogens with zero attached hydrogens (tertiary/aromatic N) is 2. The number of esters is 1. The molecule has 1 aliphatic rings. The third-order valence-electron chi connectivity index (χ3n) is 5.70. The van der Waals surface area contributed by atoms with Crippen molar-refractivity contribution in [2.24, 2.45) is 0 Å². The number of nitro groups is 1. The number of ether oxygens (including phenoxy) is 1. The standard InChI is InChI=1S/C24H23N3O7S/c28-23(26-13-3-6-19-14-20(27(30)31)8-10-22(19)26)16-34-24(29)11-12-25-35(32,33)21-9-7-17-4-1-2-5-18(17)15-21/h1-2,4-5,7-10,14-15,25H,3,6,11-13,16H2. The number of hydrogen-bond acceptors (Lipinski definition) is 7. The molecule has 3 aromatic rings. The highest BCUT2D eigenvalue weighted by molar-refractivity contribution is 7.89. The van der Waals surface area contributed by atoms with E-state index in [2.05, 4.69) is 4.72 Å². The maximum atomic E-state index is 12.6. The second-order valence-electron chi connectivity index (χ2n) is 8.04. The van der Waals surface area contributed by atoms with Gasteiger partial charge in [0, 0.05) is 30.9 Å². The van der Waals surface area contributed by atoms with E-state index in [0.29, 0.717) is 30.6 Å². The average molecular weight is 498 g/mol. The lowest BCUT2D eigenvalue weighted by Crippen LogP contribution is -2.38. The van der Waals surface area contributed by atoms with Crippen LogP contribution in [0.1, 0.15) is 18.4 Å². The lowest BCUT2D eigenvalue weighted by molar-refractivity contribution is -0.384. The van der Waals surface area contributed by atoms with Crippen molar-refractivity contribution in [1.29, 1.82) is 0 Å². The summed E-state index contributed by atoms with van der Waals surface area (Å²) < 4.78 is 32.5.